The van der Waals surface area contributed by atoms with Crippen molar-refractivity contribution in [3.05, 3.63) is 40.6 Å². The van der Waals surface area contributed by atoms with Crippen molar-refractivity contribution in [3.63, 3.8) is 0 Å². The highest BCUT2D eigenvalue weighted by molar-refractivity contribution is 14.0. The Morgan fingerprint density at radius 3 is 2.64 bits per heavy atom. The summed E-state index contributed by atoms with van der Waals surface area (Å²) in [5, 5.41) is 7.46. The lowest BCUT2D eigenvalue weighted by atomic mass is 10.1. The van der Waals surface area contributed by atoms with E-state index in [1.807, 2.05) is 18.2 Å². The smallest absolute Gasteiger partial charge is 0.193 e. The number of benzene rings is 1. The van der Waals surface area contributed by atoms with E-state index < -0.39 is 0 Å². The first-order chi connectivity index (χ1) is 13.2. The molecule has 1 aromatic heterocycles. The molecule has 0 radical (unpaired) electrons. The van der Waals surface area contributed by atoms with Crippen LogP contribution in [0.1, 0.15) is 31.9 Å². The molecule has 8 heteroatoms. The molecule has 1 aliphatic heterocycles. The Labute approximate surface area is 188 Å². The Kier molecular flexibility index (Phi) is 9.33. The lowest BCUT2D eigenvalue weighted by molar-refractivity contribution is 0.225. The van der Waals surface area contributed by atoms with Gasteiger partial charge >= 0.3 is 0 Å². The van der Waals surface area contributed by atoms with Gasteiger partial charge < -0.3 is 20.5 Å². The van der Waals surface area contributed by atoms with Gasteiger partial charge in [0.25, 0.3) is 0 Å². The number of rotatable bonds is 7. The number of likely N-dealkylation sites (N-methyl/N-ethyl adjacent to an activating group) is 1. The molecule has 0 saturated carbocycles. The molecule has 0 bridgehead atoms. The summed E-state index contributed by atoms with van der Waals surface area (Å²) in [5.41, 5.74) is 8.28. The van der Waals surface area contributed by atoms with Crippen molar-refractivity contribution < 1.29 is 9.47 Å². The first-order valence-corrected chi connectivity index (χ1v) is 10.4. The summed E-state index contributed by atoms with van der Waals surface area (Å²) in [6, 6.07) is 8.13. The minimum absolute atomic E-state index is 0. The van der Waals surface area contributed by atoms with Crippen molar-refractivity contribution >= 4 is 47.0 Å². The molecule has 6 nitrogen and oxygen atoms in total. The number of nitrogens with zero attached hydrogens (tertiary/aromatic N) is 2. The van der Waals surface area contributed by atoms with E-state index in [9.17, 15) is 0 Å². The monoisotopic (exact) mass is 516 g/mol. The molecule has 1 unspecified atom stereocenters. The molecule has 0 amide bonds. The maximum Gasteiger partial charge on any atom is 0.193 e. The van der Waals surface area contributed by atoms with E-state index in [1.54, 1.807) is 11.3 Å². The molecular weight excluding hydrogens is 487 g/mol. The molecule has 2 heterocycles. The summed E-state index contributed by atoms with van der Waals surface area (Å²) in [6.45, 7) is 8.24. The normalized spacial score (nSPS) is 14.9. The topological polar surface area (TPSA) is 72.1 Å². The van der Waals surface area contributed by atoms with Crippen LogP contribution in [0.15, 0.2) is 40.0 Å². The predicted molar refractivity (Wildman–Crippen MR) is 128 cm³/mol. The third-order valence-corrected chi connectivity index (χ3v) is 5.34. The zero-order valence-corrected chi connectivity index (χ0v) is 19.5. The van der Waals surface area contributed by atoms with Crippen LogP contribution in [0.25, 0.3) is 0 Å². The van der Waals surface area contributed by atoms with Crippen LogP contribution < -0.4 is 20.5 Å². The number of aliphatic imine (C=N–C) groups is 1. The first kappa shape index (κ1) is 22.8. The quantitative estimate of drug-likeness (QED) is 0.326. The summed E-state index contributed by atoms with van der Waals surface area (Å²) in [7, 11) is 0. The molecule has 154 valence electrons. The highest BCUT2D eigenvalue weighted by Crippen LogP contribution is 2.32. The SMILES string of the molecule is CCN(CC)C(CN=C(N)Nc1ccc2c(c1)OCCCO2)c1ccsc1.I. The van der Waals surface area contributed by atoms with Crippen molar-refractivity contribution in [2.45, 2.75) is 26.3 Å². The van der Waals surface area contributed by atoms with Crippen LogP contribution in [0.5, 0.6) is 11.5 Å². The summed E-state index contributed by atoms with van der Waals surface area (Å²) in [6.07, 6.45) is 0.885. The van der Waals surface area contributed by atoms with Gasteiger partial charge in [-0.3, -0.25) is 9.89 Å². The van der Waals surface area contributed by atoms with E-state index >= 15 is 0 Å². The van der Waals surface area contributed by atoms with Crippen LogP contribution in [-0.4, -0.2) is 43.7 Å². The molecular formula is C20H29IN4O2S. The molecule has 0 saturated heterocycles. The van der Waals surface area contributed by atoms with Crippen LogP contribution in [0.3, 0.4) is 0 Å². The average Bonchev–Trinajstić information content (AvgIpc) is 3.10. The van der Waals surface area contributed by atoms with Gasteiger partial charge in [-0.1, -0.05) is 13.8 Å². The zero-order chi connectivity index (χ0) is 19.1. The number of anilines is 1. The highest BCUT2D eigenvalue weighted by Gasteiger charge is 2.18. The van der Waals surface area contributed by atoms with Gasteiger partial charge in [0.1, 0.15) is 0 Å². The van der Waals surface area contributed by atoms with E-state index in [1.165, 1.54) is 5.56 Å². The van der Waals surface area contributed by atoms with Crippen LogP contribution in [-0.2, 0) is 0 Å². The van der Waals surface area contributed by atoms with Gasteiger partial charge in [0, 0.05) is 18.2 Å². The number of ether oxygens (including phenoxy) is 2. The number of guanidine groups is 1. The van der Waals surface area contributed by atoms with Crippen molar-refractivity contribution in [3.8, 4) is 11.5 Å². The van der Waals surface area contributed by atoms with Gasteiger partial charge in [0.05, 0.1) is 25.8 Å². The van der Waals surface area contributed by atoms with Gasteiger partial charge in [-0.05, 0) is 47.6 Å². The van der Waals surface area contributed by atoms with Gasteiger partial charge in [0.15, 0.2) is 17.5 Å². The van der Waals surface area contributed by atoms with Crippen molar-refractivity contribution in [2.75, 3.05) is 38.2 Å². The molecule has 3 N–H and O–H groups in total. The minimum atomic E-state index is 0. The molecule has 0 aliphatic carbocycles. The number of halogens is 1. The maximum absolute atomic E-state index is 6.15. The molecule has 0 spiro atoms. The van der Waals surface area contributed by atoms with Gasteiger partial charge in [-0.2, -0.15) is 11.3 Å². The van der Waals surface area contributed by atoms with E-state index in [2.05, 4.69) is 45.9 Å². The Bertz CT molecular complexity index is 751. The van der Waals surface area contributed by atoms with Crippen LogP contribution >= 0.6 is 35.3 Å². The fourth-order valence-corrected chi connectivity index (χ4v) is 3.88. The fraction of sp³-hybridized carbons (Fsp3) is 0.450. The zero-order valence-electron chi connectivity index (χ0n) is 16.4. The van der Waals surface area contributed by atoms with Crippen LogP contribution in [0.4, 0.5) is 5.69 Å². The molecule has 3 rings (SSSR count). The predicted octanol–water partition coefficient (Wildman–Crippen LogP) is 4.34. The Hall–Kier alpha value is -1.52. The largest absolute Gasteiger partial charge is 0.490 e. The average molecular weight is 516 g/mol. The minimum Gasteiger partial charge on any atom is -0.490 e. The van der Waals surface area contributed by atoms with Crippen LogP contribution in [0.2, 0.25) is 0 Å². The number of nitrogens with one attached hydrogen (secondary N) is 1. The van der Waals surface area contributed by atoms with E-state index in [0.717, 1.165) is 36.7 Å². The second kappa shape index (κ2) is 11.5. The Morgan fingerprint density at radius 1 is 1.21 bits per heavy atom. The van der Waals surface area contributed by atoms with Crippen molar-refractivity contribution in [1.82, 2.24) is 4.90 Å². The molecule has 0 fully saturated rings. The van der Waals surface area contributed by atoms with E-state index in [4.69, 9.17) is 15.2 Å². The summed E-state index contributed by atoms with van der Waals surface area (Å²) < 4.78 is 11.4. The van der Waals surface area contributed by atoms with E-state index in [-0.39, 0.29) is 30.0 Å². The maximum atomic E-state index is 6.15. The second-order valence-corrected chi connectivity index (χ2v) is 7.14. The number of thiophene rings is 1. The van der Waals surface area contributed by atoms with Gasteiger partial charge in [-0.25, -0.2) is 0 Å². The summed E-state index contributed by atoms with van der Waals surface area (Å²) in [5.74, 6) is 1.91. The molecule has 1 aromatic carbocycles. The standard InChI is InChI=1S/C20H28N4O2S.HI/c1-3-24(4-2)17(15-8-11-27-14-15)13-22-20(21)23-16-6-7-18-19(12-16)26-10-5-9-25-18;/h6-8,11-12,14,17H,3-5,9-10,13H2,1-2H3,(H3,21,22,23);1H. The van der Waals surface area contributed by atoms with Crippen LogP contribution in [0, 0.1) is 0 Å². The third-order valence-electron chi connectivity index (χ3n) is 4.64. The number of hydrogen-bond donors (Lipinski definition) is 2. The molecule has 1 aliphatic rings. The molecule has 28 heavy (non-hydrogen) atoms. The lowest BCUT2D eigenvalue weighted by Crippen LogP contribution is -2.31. The number of nitrogens with two attached hydrogens (primary N) is 1. The van der Waals surface area contributed by atoms with Crippen molar-refractivity contribution in [2.24, 2.45) is 10.7 Å². The lowest BCUT2D eigenvalue weighted by Gasteiger charge is -2.28. The number of fused-ring (bicyclic) bond motifs is 1. The third kappa shape index (κ3) is 5.99. The first-order valence-electron chi connectivity index (χ1n) is 9.44. The molecule has 1 atom stereocenters. The number of hydrogen-bond acceptors (Lipinski definition) is 5. The van der Waals surface area contributed by atoms with Gasteiger partial charge in [0.2, 0.25) is 0 Å². The fourth-order valence-electron chi connectivity index (χ4n) is 3.17. The highest BCUT2D eigenvalue weighted by atomic mass is 127. The summed E-state index contributed by atoms with van der Waals surface area (Å²) in [4.78, 5) is 6.99. The molecule has 2 aromatic rings. The second-order valence-electron chi connectivity index (χ2n) is 6.36. The van der Waals surface area contributed by atoms with Gasteiger partial charge in [-0.15, -0.1) is 24.0 Å². The Morgan fingerprint density at radius 2 is 1.96 bits per heavy atom. The van der Waals surface area contributed by atoms with Crippen molar-refractivity contribution in [1.29, 1.82) is 0 Å². The van der Waals surface area contributed by atoms with E-state index in [0.29, 0.717) is 25.7 Å². The summed E-state index contributed by atoms with van der Waals surface area (Å²) >= 11 is 1.71. The Balaban J connectivity index is 0.00000280.